The van der Waals surface area contributed by atoms with Gasteiger partial charge < -0.3 is 15.5 Å². The van der Waals surface area contributed by atoms with Gasteiger partial charge in [0.1, 0.15) is 0 Å². The number of hydrogen-bond acceptors (Lipinski definition) is 3. The maximum Gasteiger partial charge on any atom is 0.217 e. The molecule has 0 saturated heterocycles. The summed E-state index contributed by atoms with van der Waals surface area (Å²) in [5.74, 6) is -0.250. The number of rotatable bonds is 3. The predicted molar refractivity (Wildman–Crippen MR) is 36.4 cm³/mol. The molecule has 0 radical (unpaired) electrons. The van der Waals surface area contributed by atoms with Crippen molar-refractivity contribution in [2.24, 2.45) is 0 Å². The number of aliphatic hydroxyl groups is 2. The van der Waals surface area contributed by atoms with Crippen LogP contribution < -0.4 is 5.32 Å². The molecule has 4 heteroatoms. The van der Waals surface area contributed by atoms with E-state index in [-0.39, 0.29) is 12.5 Å². The van der Waals surface area contributed by atoms with Crippen LogP contribution in [0.5, 0.6) is 0 Å². The maximum atomic E-state index is 10.4. The summed E-state index contributed by atoms with van der Waals surface area (Å²) in [6.45, 7) is 2.61. The first-order valence-electron chi connectivity index (χ1n) is 3.14. The van der Waals surface area contributed by atoms with E-state index in [1.54, 1.807) is 0 Å². The Hall–Kier alpha value is -0.610. The van der Waals surface area contributed by atoms with E-state index in [9.17, 15) is 4.79 Å². The predicted octanol–water partition coefficient (Wildman–Crippen LogP) is -1.14. The molecule has 0 rings (SSSR count). The largest absolute Gasteiger partial charge is 0.394 e. The molecular weight excluding hydrogens is 134 g/mol. The summed E-state index contributed by atoms with van der Waals surface area (Å²) in [5, 5.41) is 19.8. The molecule has 0 aliphatic heterocycles. The molecule has 0 heterocycles. The monoisotopic (exact) mass is 147 g/mol. The number of carbonyl (C=O) groups excluding carboxylic acids is 1. The van der Waals surface area contributed by atoms with Crippen LogP contribution >= 0.6 is 0 Å². The normalized spacial score (nSPS) is 16.0. The third-order valence-electron chi connectivity index (χ3n) is 1.17. The number of carbonyl (C=O) groups is 1. The molecule has 0 bridgehead atoms. The van der Waals surface area contributed by atoms with Gasteiger partial charge >= 0.3 is 0 Å². The number of nitrogens with one attached hydrogen (secondary N) is 1. The minimum Gasteiger partial charge on any atom is -0.394 e. The minimum atomic E-state index is -0.714. The van der Waals surface area contributed by atoms with Gasteiger partial charge in [-0.15, -0.1) is 0 Å². The summed E-state index contributed by atoms with van der Waals surface area (Å²) in [4.78, 5) is 10.4. The van der Waals surface area contributed by atoms with Crippen LogP contribution in [0.3, 0.4) is 0 Å². The molecule has 2 atom stereocenters. The summed E-state index contributed by atoms with van der Waals surface area (Å²) >= 11 is 0. The zero-order chi connectivity index (χ0) is 8.15. The van der Waals surface area contributed by atoms with Crippen LogP contribution in [0.1, 0.15) is 13.8 Å². The van der Waals surface area contributed by atoms with Crippen molar-refractivity contribution in [2.45, 2.75) is 26.0 Å². The second kappa shape index (κ2) is 4.24. The minimum absolute atomic E-state index is 0.239. The number of hydrogen-bond donors (Lipinski definition) is 3. The van der Waals surface area contributed by atoms with Crippen LogP contribution in [-0.4, -0.2) is 34.9 Å². The van der Waals surface area contributed by atoms with Crippen molar-refractivity contribution in [3.05, 3.63) is 0 Å². The first kappa shape index (κ1) is 9.39. The van der Waals surface area contributed by atoms with E-state index in [1.807, 2.05) is 0 Å². The Bertz CT molecular complexity index is 114. The zero-order valence-electron chi connectivity index (χ0n) is 6.16. The molecule has 0 aliphatic carbocycles. The lowest BCUT2D eigenvalue weighted by Gasteiger charge is -2.17. The average Bonchev–Trinajstić information content (AvgIpc) is 1.81. The van der Waals surface area contributed by atoms with E-state index in [1.165, 1.54) is 13.8 Å². The molecular formula is C6H13NO3. The average molecular weight is 147 g/mol. The Morgan fingerprint density at radius 2 is 2.20 bits per heavy atom. The van der Waals surface area contributed by atoms with Crippen LogP contribution in [0, 0.1) is 0 Å². The molecule has 0 aromatic heterocycles. The Balaban J connectivity index is 3.71. The Kier molecular flexibility index (Phi) is 3.99. The van der Waals surface area contributed by atoms with Crippen LogP contribution in [-0.2, 0) is 4.79 Å². The van der Waals surface area contributed by atoms with Gasteiger partial charge in [-0.2, -0.15) is 0 Å². The Morgan fingerprint density at radius 1 is 1.70 bits per heavy atom. The molecule has 3 N–H and O–H groups in total. The van der Waals surface area contributed by atoms with Crippen molar-refractivity contribution in [3.8, 4) is 0 Å². The highest BCUT2D eigenvalue weighted by Gasteiger charge is 2.13. The maximum absolute atomic E-state index is 10.4. The van der Waals surface area contributed by atoms with Gasteiger partial charge in [-0.3, -0.25) is 4.79 Å². The van der Waals surface area contributed by atoms with Gasteiger partial charge in [0.25, 0.3) is 0 Å². The van der Waals surface area contributed by atoms with Crippen LogP contribution in [0.15, 0.2) is 0 Å². The highest BCUT2D eigenvalue weighted by Crippen LogP contribution is 1.89. The highest BCUT2D eigenvalue weighted by atomic mass is 16.3. The van der Waals surface area contributed by atoms with Crippen molar-refractivity contribution in [3.63, 3.8) is 0 Å². The van der Waals surface area contributed by atoms with Gasteiger partial charge in [0.2, 0.25) is 5.91 Å². The summed E-state index contributed by atoms with van der Waals surface area (Å²) in [6.07, 6.45) is -0.714. The standard InChI is InChI=1S/C6H13NO3/c1-4(9)6(3-8)7-5(2)10/h4,6,8-9H,3H2,1-2H3,(H,7,10)/t4-,6-/m1/s1. The van der Waals surface area contributed by atoms with E-state index < -0.39 is 12.1 Å². The molecule has 0 aromatic rings. The molecule has 1 amide bonds. The van der Waals surface area contributed by atoms with Crippen molar-refractivity contribution >= 4 is 5.91 Å². The zero-order valence-corrected chi connectivity index (χ0v) is 6.16. The van der Waals surface area contributed by atoms with Crippen molar-refractivity contribution in [2.75, 3.05) is 6.61 Å². The second-order valence-corrected chi connectivity index (χ2v) is 2.23. The lowest BCUT2D eigenvalue weighted by Crippen LogP contribution is -2.43. The summed E-state index contributed by atoms with van der Waals surface area (Å²) < 4.78 is 0. The molecule has 0 aromatic carbocycles. The fraction of sp³-hybridized carbons (Fsp3) is 0.833. The Morgan fingerprint density at radius 3 is 2.30 bits per heavy atom. The summed E-state index contributed by atoms with van der Waals surface area (Å²) in [7, 11) is 0. The van der Waals surface area contributed by atoms with Crippen molar-refractivity contribution in [1.29, 1.82) is 0 Å². The van der Waals surface area contributed by atoms with Crippen molar-refractivity contribution < 1.29 is 15.0 Å². The van der Waals surface area contributed by atoms with E-state index >= 15 is 0 Å². The van der Waals surface area contributed by atoms with Crippen LogP contribution in [0.25, 0.3) is 0 Å². The molecule has 0 spiro atoms. The van der Waals surface area contributed by atoms with Gasteiger partial charge in [-0.1, -0.05) is 0 Å². The van der Waals surface area contributed by atoms with E-state index in [2.05, 4.69) is 5.32 Å². The first-order valence-corrected chi connectivity index (χ1v) is 3.14. The van der Waals surface area contributed by atoms with Gasteiger partial charge in [-0.05, 0) is 6.92 Å². The van der Waals surface area contributed by atoms with Gasteiger partial charge in [-0.25, -0.2) is 0 Å². The topological polar surface area (TPSA) is 69.6 Å². The molecule has 0 aliphatic rings. The molecule has 60 valence electrons. The molecule has 0 unspecified atom stereocenters. The van der Waals surface area contributed by atoms with Crippen molar-refractivity contribution in [1.82, 2.24) is 5.32 Å². The molecule has 4 nitrogen and oxygen atoms in total. The second-order valence-electron chi connectivity index (χ2n) is 2.23. The van der Waals surface area contributed by atoms with E-state index in [0.29, 0.717) is 0 Å². The number of aliphatic hydroxyl groups excluding tert-OH is 2. The Labute approximate surface area is 59.9 Å². The summed E-state index contributed by atoms with van der Waals surface area (Å²) in [6, 6.07) is -0.544. The van der Waals surface area contributed by atoms with Gasteiger partial charge in [0, 0.05) is 6.92 Å². The fourth-order valence-corrected chi connectivity index (χ4v) is 0.580. The smallest absolute Gasteiger partial charge is 0.217 e. The lowest BCUT2D eigenvalue weighted by atomic mass is 10.2. The van der Waals surface area contributed by atoms with Gasteiger partial charge in [0.05, 0.1) is 18.8 Å². The van der Waals surface area contributed by atoms with Crippen LogP contribution in [0.2, 0.25) is 0 Å². The highest BCUT2D eigenvalue weighted by molar-refractivity contribution is 5.73. The third kappa shape index (κ3) is 3.42. The molecule has 0 fully saturated rings. The molecule has 0 saturated carbocycles. The quantitative estimate of drug-likeness (QED) is 0.473. The lowest BCUT2D eigenvalue weighted by molar-refractivity contribution is -0.120. The van der Waals surface area contributed by atoms with E-state index in [4.69, 9.17) is 10.2 Å². The van der Waals surface area contributed by atoms with E-state index in [0.717, 1.165) is 0 Å². The molecule has 10 heavy (non-hydrogen) atoms. The van der Waals surface area contributed by atoms with Crippen LogP contribution in [0.4, 0.5) is 0 Å². The van der Waals surface area contributed by atoms with Gasteiger partial charge in [0.15, 0.2) is 0 Å². The SMILES string of the molecule is CC(=O)N[C@H](CO)[C@@H](C)O. The first-order chi connectivity index (χ1) is 4.57. The third-order valence-corrected chi connectivity index (χ3v) is 1.17. The number of amides is 1. The fourth-order valence-electron chi connectivity index (χ4n) is 0.580. The summed E-state index contributed by atoms with van der Waals surface area (Å²) in [5.41, 5.74) is 0.